The topological polar surface area (TPSA) is 21.3 Å². The molecule has 0 saturated carbocycles. The van der Waals surface area contributed by atoms with Crippen LogP contribution in [0.5, 0.6) is 0 Å². The minimum absolute atomic E-state index is 0.452. The third-order valence-electron chi connectivity index (χ3n) is 2.76. The zero-order valence-corrected chi connectivity index (χ0v) is 12.2. The van der Waals surface area contributed by atoms with Gasteiger partial charge < -0.3 is 10.1 Å². The van der Waals surface area contributed by atoms with Crippen LogP contribution >= 0.6 is 27.7 Å². The van der Waals surface area contributed by atoms with E-state index in [9.17, 15) is 0 Å². The maximum atomic E-state index is 5.56. The second-order valence-corrected chi connectivity index (χ2v) is 6.23. The summed E-state index contributed by atoms with van der Waals surface area (Å²) in [6.07, 6.45) is 2.89. The number of thioether (sulfide) groups is 1. The van der Waals surface area contributed by atoms with Crippen molar-refractivity contribution in [3.05, 3.63) is 28.7 Å². The smallest absolute Gasteiger partial charge is 0.0700 e. The summed E-state index contributed by atoms with van der Waals surface area (Å²) in [7, 11) is 0. The van der Waals surface area contributed by atoms with Crippen LogP contribution in [-0.4, -0.2) is 31.6 Å². The van der Waals surface area contributed by atoms with Crippen molar-refractivity contribution in [1.29, 1.82) is 0 Å². The molecule has 0 aromatic heterocycles. The molecule has 0 spiro atoms. The van der Waals surface area contributed by atoms with Crippen LogP contribution in [0.3, 0.4) is 0 Å². The van der Waals surface area contributed by atoms with Crippen molar-refractivity contribution in [2.45, 2.75) is 23.8 Å². The highest BCUT2D eigenvalue weighted by Crippen LogP contribution is 2.20. The molecule has 1 aromatic carbocycles. The molecule has 1 aliphatic rings. The average molecular weight is 316 g/mol. The Morgan fingerprint density at radius 3 is 2.88 bits per heavy atom. The Morgan fingerprint density at radius 2 is 2.18 bits per heavy atom. The first-order valence-electron chi connectivity index (χ1n) is 6.05. The fourth-order valence-electron chi connectivity index (χ4n) is 1.84. The Kier molecular flexibility index (Phi) is 5.85. The van der Waals surface area contributed by atoms with Gasteiger partial charge in [-0.3, -0.25) is 0 Å². The van der Waals surface area contributed by atoms with Gasteiger partial charge in [0.2, 0.25) is 0 Å². The van der Waals surface area contributed by atoms with Crippen LogP contribution in [0.4, 0.5) is 0 Å². The molecule has 4 heteroatoms. The highest BCUT2D eigenvalue weighted by atomic mass is 79.9. The zero-order valence-electron chi connectivity index (χ0n) is 9.82. The number of hydrogen-bond acceptors (Lipinski definition) is 3. The molecule has 1 aliphatic heterocycles. The molecule has 1 unspecified atom stereocenters. The summed E-state index contributed by atoms with van der Waals surface area (Å²) in [6.45, 7) is 2.99. The Balaban J connectivity index is 1.55. The molecule has 2 nitrogen and oxygen atoms in total. The number of halogens is 1. The summed E-state index contributed by atoms with van der Waals surface area (Å²) >= 11 is 5.33. The minimum Gasteiger partial charge on any atom is -0.377 e. The fourth-order valence-corrected chi connectivity index (χ4v) is 2.92. The summed E-state index contributed by atoms with van der Waals surface area (Å²) in [5.41, 5.74) is 0. The van der Waals surface area contributed by atoms with Crippen LogP contribution in [-0.2, 0) is 4.74 Å². The molecular weight excluding hydrogens is 298 g/mol. The van der Waals surface area contributed by atoms with Gasteiger partial charge in [-0.1, -0.05) is 15.9 Å². The lowest BCUT2D eigenvalue weighted by molar-refractivity contribution is 0.110. The molecule has 0 aliphatic carbocycles. The molecular formula is C13H18BrNOS. The molecule has 1 heterocycles. The molecule has 0 bridgehead atoms. The molecule has 94 valence electrons. The van der Waals surface area contributed by atoms with Crippen LogP contribution in [0.1, 0.15) is 12.8 Å². The van der Waals surface area contributed by atoms with E-state index in [0.29, 0.717) is 6.10 Å². The predicted molar refractivity (Wildman–Crippen MR) is 76.7 cm³/mol. The van der Waals surface area contributed by atoms with Gasteiger partial charge in [-0.05, 0) is 37.1 Å². The fraction of sp³-hybridized carbons (Fsp3) is 0.538. The quantitative estimate of drug-likeness (QED) is 0.643. The van der Waals surface area contributed by atoms with E-state index in [1.165, 1.54) is 17.7 Å². The van der Waals surface area contributed by atoms with Crippen molar-refractivity contribution in [3.63, 3.8) is 0 Å². The van der Waals surface area contributed by atoms with E-state index in [1.807, 2.05) is 11.8 Å². The van der Waals surface area contributed by atoms with E-state index >= 15 is 0 Å². The number of benzene rings is 1. The molecule has 1 saturated heterocycles. The van der Waals surface area contributed by atoms with Gasteiger partial charge in [0.05, 0.1) is 6.10 Å². The summed E-state index contributed by atoms with van der Waals surface area (Å²) in [4.78, 5) is 1.33. The van der Waals surface area contributed by atoms with Gasteiger partial charge in [0.15, 0.2) is 0 Å². The normalized spacial score (nSPS) is 19.7. The highest BCUT2D eigenvalue weighted by molar-refractivity contribution is 9.10. The highest BCUT2D eigenvalue weighted by Gasteiger charge is 2.13. The van der Waals surface area contributed by atoms with Gasteiger partial charge in [0, 0.05) is 34.8 Å². The zero-order chi connectivity index (χ0) is 11.9. The van der Waals surface area contributed by atoms with Gasteiger partial charge in [0.25, 0.3) is 0 Å². The molecule has 0 radical (unpaired) electrons. The number of ether oxygens (including phenoxy) is 1. The van der Waals surface area contributed by atoms with E-state index in [4.69, 9.17) is 4.74 Å². The number of nitrogens with one attached hydrogen (secondary N) is 1. The Bertz CT molecular complexity index is 325. The molecule has 1 fully saturated rings. The van der Waals surface area contributed by atoms with Crippen LogP contribution in [0.25, 0.3) is 0 Å². The van der Waals surface area contributed by atoms with Gasteiger partial charge in [-0.2, -0.15) is 0 Å². The molecule has 1 atom stereocenters. The second kappa shape index (κ2) is 7.41. The molecule has 1 N–H and O–H groups in total. The van der Waals surface area contributed by atoms with E-state index in [1.54, 1.807) is 0 Å². The lowest BCUT2D eigenvalue weighted by Crippen LogP contribution is -2.27. The standard InChI is InChI=1S/C13H18BrNOS/c14-11-3-5-13(6-4-11)17-9-7-15-10-12-2-1-8-16-12/h3-6,12,15H,1-2,7-10H2. The van der Waals surface area contributed by atoms with E-state index < -0.39 is 0 Å². The predicted octanol–water partition coefficient (Wildman–Crippen LogP) is 3.31. The summed E-state index contributed by atoms with van der Waals surface area (Å²) < 4.78 is 6.69. The Labute approximate surface area is 116 Å². The van der Waals surface area contributed by atoms with Crippen molar-refractivity contribution in [2.75, 3.05) is 25.4 Å². The molecule has 1 aromatic rings. The van der Waals surface area contributed by atoms with Gasteiger partial charge in [0.1, 0.15) is 0 Å². The largest absolute Gasteiger partial charge is 0.377 e. The van der Waals surface area contributed by atoms with Crippen molar-refractivity contribution in [2.24, 2.45) is 0 Å². The van der Waals surface area contributed by atoms with Crippen LogP contribution in [0.2, 0.25) is 0 Å². The van der Waals surface area contributed by atoms with Crippen LogP contribution < -0.4 is 5.32 Å². The van der Waals surface area contributed by atoms with E-state index in [0.717, 1.165) is 29.9 Å². The van der Waals surface area contributed by atoms with Gasteiger partial charge in [-0.25, -0.2) is 0 Å². The average Bonchev–Trinajstić information content (AvgIpc) is 2.84. The van der Waals surface area contributed by atoms with Crippen molar-refractivity contribution in [3.8, 4) is 0 Å². The SMILES string of the molecule is Brc1ccc(SCCNCC2CCCO2)cc1. The minimum atomic E-state index is 0.452. The Morgan fingerprint density at radius 1 is 1.35 bits per heavy atom. The van der Waals surface area contributed by atoms with Crippen LogP contribution in [0, 0.1) is 0 Å². The van der Waals surface area contributed by atoms with Crippen LogP contribution in [0.15, 0.2) is 33.6 Å². The van der Waals surface area contributed by atoms with Crippen molar-refractivity contribution >= 4 is 27.7 Å². The number of hydrogen-bond donors (Lipinski definition) is 1. The molecule has 2 rings (SSSR count). The molecule has 17 heavy (non-hydrogen) atoms. The van der Waals surface area contributed by atoms with E-state index in [2.05, 4.69) is 45.5 Å². The monoisotopic (exact) mass is 315 g/mol. The molecule has 0 amide bonds. The lowest BCUT2D eigenvalue weighted by Gasteiger charge is -2.10. The third-order valence-corrected chi connectivity index (χ3v) is 4.30. The van der Waals surface area contributed by atoms with Gasteiger partial charge >= 0.3 is 0 Å². The maximum absolute atomic E-state index is 5.56. The lowest BCUT2D eigenvalue weighted by atomic mass is 10.2. The van der Waals surface area contributed by atoms with Gasteiger partial charge in [-0.15, -0.1) is 11.8 Å². The summed E-state index contributed by atoms with van der Waals surface area (Å²) in [5.74, 6) is 1.11. The summed E-state index contributed by atoms with van der Waals surface area (Å²) in [6, 6.07) is 8.47. The van der Waals surface area contributed by atoms with Crippen molar-refractivity contribution < 1.29 is 4.74 Å². The first kappa shape index (κ1) is 13.4. The first-order valence-corrected chi connectivity index (χ1v) is 7.83. The van der Waals surface area contributed by atoms with Crippen molar-refractivity contribution in [1.82, 2.24) is 5.32 Å². The Hall–Kier alpha value is -0.0300. The third kappa shape index (κ3) is 5.00. The maximum Gasteiger partial charge on any atom is 0.0700 e. The first-order chi connectivity index (χ1) is 8.34. The number of rotatable bonds is 6. The second-order valence-electron chi connectivity index (χ2n) is 4.14. The summed E-state index contributed by atoms with van der Waals surface area (Å²) in [5, 5.41) is 3.45. The van der Waals surface area contributed by atoms with E-state index in [-0.39, 0.29) is 0 Å².